The van der Waals surface area contributed by atoms with Crippen molar-refractivity contribution in [2.45, 2.75) is 19.3 Å². The van der Waals surface area contributed by atoms with Crippen molar-refractivity contribution in [3.8, 4) is 0 Å². The standard InChI is InChI=1S/C9H10/c1-2-5-9(6-3-1)7-4-8-9/h1-3,5H,6-8H2. The summed E-state index contributed by atoms with van der Waals surface area (Å²) in [6, 6.07) is 0. The van der Waals surface area contributed by atoms with Gasteiger partial charge in [-0.3, -0.25) is 0 Å². The Kier molecular flexibility index (Phi) is 1.01. The van der Waals surface area contributed by atoms with Gasteiger partial charge >= 0.3 is 0 Å². The third-order valence-corrected chi connectivity index (χ3v) is 2.18. The van der Waals surface area contributed by atoms with Gasteiger partial charge in [0.2, 0.25) is 0 Å². The largest absolute Gasteiger partial charge is 0.0837 e. The van der Waals surface area contributed by atoms with Crippen LogP contribution in [0.3, 0.4) is 0 Å². The molecule has 0 amide bonds. The zero-order valence-electron chi connectivity index (χ0n) is 5.43. The number of rotatable bonds is 0. The molecule has 0 aromatic heterocycles. The van der Waals surface area contributed by atoms with Crippen molar-refractivity contribution < 1.29 is 0 Å². The fourth-order valence-electron chi connectivity index (χ4n) is 1.42. The first kappa shape index (κ1) is 5.28. The maximum absolute atomic E-state index is 3.29. The summed E-state index contributed by atoms with van der Waals surface area (Å²) in [7, 11) is 0. The molecule has 0 atom stereocenters. The van der Waals surface area contributed by atoms with Crippen LogP contribution in [0.1, 0.15) is 19.3 Å². The molecule has 0 aromatic rings. The molecule has 1 fully saturated rings. The van der Waals surface area contributed by atoms with Crippen LogP contribution >= 0.6 is 0 Å². The predicted octanol–water partition coefficient (Wildman–Crippen LogP) is 2.36. The van der Waals surface area contributed by atoms with Gasteiger partial charge in [0.15, 0.2) is 0 Å². The third-order valence-electron chi connectivity index (χ3n) is 2.18. The summed E-state index contributed by atoms with van der Waals surface area (Å²) in [5, 5.41) is 0. The molecule has 9 heavy (non-hydrogen) atoms. The van der Waals surface area contributed by atoms with Crippen molar-refractivity contribution in [1.82, 2.24) is 0 Å². The smallest absolute Gasteiger partial charge is 0.00692 e. The minimum Gasteiger partial charge on any atom is -0.0837 e. The van der Waals surface area contributed by atoms with E-state index in [1.165, 1.54) is 19.3 Å². The molecular formula is C9H10. The zero-order chi connectivity index (χ0) is 6.16. The molecule has 0 aromatic carbocycles. The van der Waals surface area contributed by atoms with Crippen LogP contribution in [0, 0.1) is 11.8 Å². The number of hydrogen-bond acceptors (Lipinski definition) is 0. The molecule has 0 heteroatoms. The minimum atomic E-state index is 0.523. The lowest BCUT2D eigenvalue weighted by Gasteiger charge is -2.39. The molecule has 2 aliphatic carbocycles. The van der Waals surface area contributed by atoms with Crippen molar-refractivity contribution in [2.75, 3.05) is 0 Å². The summed E-state index contributed by atoms with van der Waals surface area (Å²) in [6.07, 6.45) is 15.7. The average molecular weight is 118 g/mol. The zero-order valence-corrected chi connectivity index (χ0v) is 5.43. The highest BCUT2D eigenvalue weighted by Crippen LogP contribution is 2.45. The molecule has 2 radical (unpaired) electrons. The normalized spacial score (nSPS) is 28.4. The van der Waals surface area contributed by atoms with Crippen LogP contribution in [0.15, 0.2) is 24.3 Å². The van der Waals surface area contributed by atoms with Crippen molar-refractivity contribution in [1.29, 1.82) is 0 Å². The van der Waals surface area contributed by atoms with E-state index in [1.54, 1.807) is 0 Å². The molecule has 2 aliphatic rings. The molecule has 0 N–H and O–H groups in total. The molecule has 0 unspecified atom stereocenters. The Bertz CT molecular complexity index is 159. The molecule has 2 rings (SSSR count). The quantitative estimate of drug-likeness (QED) is 0.458. The van der Waals surface area contributed by atoms with E-state index < -0.39 is 0 Å². The van der Waals surface area contributed by atoms with Crippen LogP contribution in [0.2, 0.25) is 0 Å². The highest BCUT2D eigenvalue weighted by atomic mass is 14.4. The van der Waals surface area contributed by atoms with Crippen LogP contribution in [-0.4, -0.2) is 0 Å². The Balaban J connectivity index is 2.14. The van der Waals surface area contributed by atoms with E-state index >= 15 is 0 Å². The lowest BCUT2D eigenvalue weighted by atomic mass is 9.65. The third kappa shape index (κ3) is 0.735. The van der Waals surface area contributed by atoms with E-state index in [4.69, 9.17) is 0 Å². The Morgan fingerprint density at radius 2 is 2.11 bits per heavy atom. The molecular weight excluding hydrogens is 108 g/mol. The first-order valence-corrected chi connectivity index (χ1v) is 3.46. The van der Waals surface area contributed by atoms with Crippen LogP contribution in [0.4, 0.5) is 0 Å². The highest BCUT2D eigenvalue weighted by Gasteiger charge is 2.33. The van der Waals surface area contributed by atoms with Crippen LogP contribution in [-0.2, 0) is 0 Å². The second-order valence-corrected chi connectivity index (χ2v) is 2.96. The van der Waals surface area contributed by atoms with Gasteiger partial charge in [0.05, 0.1) is 0 Å². The molecule has 0 aliphatic heterocycles. The monoisotopic (exact) mass is 118 g/mol. The summed E-state index contributed by atoms with van der Waals surface area (Å²) >= 11 is 0. The molecule has 1 spiro atoms. The van der Waals surface area contributed by atoms with Crippen molar-refractivity contribution >= 4 is 0 Å². The summed E-state index contributed by atoms with van der Waals surface area (Å²) in [5.74, 6) is 0. The molecule has 0 bridgehead atoms. The molecule has 0 saturated heterocycles. The maximum atomic E-state index is 3.29. The number of hydrogen-bond donors (Lipinski definition) is 0. The van der Waals surface area contributed by atoms with Gasteiger partial charge in [-0.2, -0.15) is 0 Å². The minimum absolute atomic E-state index is 0.523. The fraction of sp³-hybridized carbons (Fsp3) is 0.444. The highest BCUT2D eigenvalue weighted by molar-refractivity contribution is 5.21. The Morgan fingerprint density at radius 3 is 2.44 bits per heavy atom. The molecule has 0 nitrogen and oxygen atoms in total. The van der Waals surface area contributed by atoms with Crippen molar-refractivity contribution in [3.05, 3.63) is 30.7 Å². The van der Waals surface area contributed by atoms with Crippen LogP contribution in [0.5, 0.6) is 0 Å². The van der Waals surface area contributed by atoms with Gasteiger partial charge in [-0.15, -0.1) is 0 Å². The van der Waals surface area contributed by atoms with E-state index in [9.17, 15) is 0 Å². The van der Waals surface area contributed by atoms with Gasteiger partial charge in [0.1, 0.15) is 0 Å². The van der Waals surface area contributed by atoms with Crippen molar-refractivity contribution in [3.63, 3.8) is 0 Å². The van der Waals surface area contributed by atoms with Crippen molar-refractivity contribution in [2.24, 2.45) is 5.41 Å². The van der Waals surface area contributed by atoms with Crippen LogP contribution in [0.25, 0.3) is 0 Å². The summed E-state index contributed by atoms with van der Waals surface area (Å²) in [4.78, 5) is 0. The van der Waals surface area contributed by atoms with E-state index in [1.807, 2.05) is 0 Å². The first-order valence-electron chi connectivity index (χ1n) is 3.46. The first-order chi connectivity index (χ1) is 4.41. The second kappa shape index (κ2) is 1.73. The average Bonchev–Trinajstić information content (AvgIpc) is 1.87. The Hall–Kier alpha value is -0.520. The van der Waals surface area contributed by atoms with E-state index in [-0.39, 0.29) is 0 Å². The summed E-state index contributed by atoms with van der Waals surface area (Å²) in [6.45, 7) is 0. The molecule has 1 saturated carbocycles. The van der Waals surface area contributed by atoms with Gasteiger partial charge in [-0.05, 0) is 31.1 Å². The van der Waals surface area contributed by atoms with E-state index in [0.717, 1.165) is 0 Å². The van der Waals surface area contributed by atoms with E-state index in [2.05, 4.69) is 30.7 Å². The van der Waals surface area contributed by atoms with Gasteiger partial charge in [0, 0.05) is 0 Å². The topological polar surface area (TPSA) is 0 Å². The van der Waals surface area contributed by atoms with Gasteiger partial charge in [-0.1, -0.05) is 24.3 Å². The Morgan fingerprint density at radius 1 is 1.22 bits per heavy atom. The fourth-order valence-corrected chi connectivity index (χ4v) is 1.42. The Labute approximate surface area is 56.3 Å². The van der Waals surface area contributed by atoms with Crippen LogP contribution < -0.4 is 0 Å². The van der Waals surface area contributed by atoms with E-state index in [0.29, 0.717) is 5.41 Å². The van der Waals surface area contributed by atoms with Gasteiger partial charge in [-0.25, -0.2) is 0 Å². The lowest BCUT2D eigenvalue weighted by molar-refractivity contribution is 0.282. The predicted molar refractivity (Wildman–Crippen MR) is 37.8 cm³/mol. The summed E-state index contributed by atoms with van der Waals surface area (Å²) in [5.41, 5.74) is 0.523. The number of allylic oxidation sites excluding steroid dienone is 4. The SMILES string of the molecule is [C]1CC2(C=CC=CC2)C1. The summed E-state index contributed by atoms with van der Waals surface area (Å²) < 4.78 is 0. The molecule has 0 heterocycles. The maximum Gasteiger partial charge on any atom is -0.00692 e. The molecule has 46 valence electrons. The second-order valence-electron chi connectivity index (χ2n) is 2.96. The van der Waals surface area contributed by atoms with Gasteiger partial charge in [0.25, 0.3) is 0 Å². The van der Waals surface area contributed by atoms with Gasteiger partial charge < -0.3 is 0 Å². The lowest BCUT2D eigenvalue weighted by Crippen LogP contribution is -2.27.